The van der Waals surface area contributed by atoms with Crippen molar-refractivity contribution in [3.05, 3.63) is 29.3 Å². The van der Waals surface area contributed by atoms with E-state index in [9.17, 15) is 4.79 Å². The van der Waals surface area contributed by atoms with Crippen LogP contribution in [-0.2, 0) is 21.4 Å². The molecule has 1 amide bonds. The molecule has 1 fully saturated rings. The molecule has 1 aliphatic carbocycles. The number of nitrogens with one attached hydrogen (secondary N) is 2. The monoisotopic (exact) mass is 318 g/mol. The van der Waals surface area contributed by atoms with E-state index >= 15 is 0 Å². The Hall–Kier alpha value is -1.59. The van der Waals surface area contributed by atoms with Gasteiger partial charge in [-0.15, -0.1) is 0 Å². The van der Waals surface area contributed by atoms with E-state index in [-0.39, 0.29) is 5.54 Å². The van der Waals surface area contributed by atoms with E-state index in [4.69, 9.17) is 9.47 Å². The number of morpholine rings is 1. The molecule has 1 saturated heterocycles. The smallest absolute Gasteiger partial charge is 0.412 e. The summed E-state index contributed by atoms with van der Waals surface area (Å²) in [7, 11) is 0. The average Bonchev–Trinajstić information content (AvgIpc) is 2.46. The van der Waals surface area contributed by atoms with E-state index in [0.29, 0.717) is 0 Å². The minimum Gasteiger partial charge on any atom is -0.444 e. The van der Waals surface area contributed by atoms with Crippen molar-refractivity contribution in [3.63, 3.8) is 0 Å². The fourth-order valence-corrected chi connectivity index (χ4v) is 3.48. The third-order valence-corrected chi connectivity index (χ3v) is 4.37. The fourth-order valence-electron chi connectivity index (χ4n) is 3.48. The molecular weight excluding hydrogens is 292 g/mol. The van der Waals surface area contributed by atoms with Gasteiger partial charge in [-0.05, 0) is 63.3 Å². The Kier molecular flexibility index (Phi) is 4.34. The van der Waals surface area contributed by atoms with Gasteiger partial charge in [0.25, 0.3) is 0 Å². The summed E-state index contributed by atoms with van der Waals surface area (Å²) in [6.45, 7) is 7.96. The second-order valence-corrected chi connectivity index (χ2v) is 7.41. The largest absolute Gasteiger partial charge is 0.444 e. The summed E-state index contributed by atoms with van der Waals surface area (Å²) >= 11 is 0. The number of rotatable bonds is 1. The van der Waals surface area contributed by atoms with Crippen LogP contribution < -0.4 is 10.6 Å². The molecule has 0 radical (unpaired) electrons. The third-order valence-electron chi connectivity index (χ3n) is 4.37. The maximum absolute atomic E-state index is 11.9. The van der Waals surface area contributed by atoms with E-state index in [1.807, 2.05) is 26.8 Å². The molecule has 1 spiro atoms. The van der Waals surface area contributed by atoms with Crippen molar-refractivity contribution in [1.29, 1.82) is 0 Å². The van der Waals surface area contributed by atoms with Crippen molar-refractivity contribution in [3.8, 4) is 0 Å². The van der Waals surface area contributed by atoms with E-state index in [1.54, 1.807) is 0 Å². The number of ether oxygens (including phenoxy) is 2. The molecule has 2 aliphatic rings. The van der Waals surface area contributed by atoms with Gasteiger partial charge in [-0.1, -0.05) is 6.07 Å². The normalized spacial score (nSPS) is 24.1. The van der Waals surface area contributed by atoms with Crippen LogP contribution in [0.25, 0.3) is 0 Å². The predicted molar refractivity (Wildman–Crippen MR) is 89.7 cm³/mol. The summed E-state index contributed by atoms with van der Waals surface area (Å²) in [5.41, 5.74) is 2.81. The number of carbonyl (C=O) groups is 1. The molecule has 1 aromatic carbocycles. The highest BCUT2D eigenvalue weighted by atomic mass is 16.6. The Balaban J connectivity index is 1.78. The number of carbonyl (C=O) groups excluding carboxylic acids is 1. The highest BCUT2D eigenvalue weighted by Crippen LogP contribution is 2.38. The molecule has 1 heterocycles. The number of hydrogen-bond acceptors (Lipinski definition) is 4. The number of benzene rings is 1. The van der Waals surface area contributed by atoms with Crippen molar-refractivity contribution in [1.82, 2.24) is 5.32 Å². The Morgan fingerprint density at radius 3 is 2.91 bits per heavy atom. The van der Waals surface area contributed by atoms with E-state index in [1.165, 1.54) is 11.1 Å². The minimum absolute atomic E-state index is 0.0592. The predicted octanol–water partition coefficient (Wildman–Crippen LogP) is 3.19. The first-order chi connectivity index (χ1) is 10.9. The van der Waals surface area contributed by atoms with E-state index < -0.39 is 11.7 Å². The molecule has 1 aliphatic heterocycles. The lowest BCUT2D eigenvalue weighted by Crippen LogP contribution is -2.53. The van der Waals surface area contributed by atoms with Gasteiger partial charge < -0.3 is 14.8 Å². The van der Waals surface area contributed by atoms with Crippen LogP contribution in [0.4, 0.5) is 10.5 Å². The zero-order valence-electron chi connectivity index (χ0n) is 14.2. The maximum Gasteiger partial charge on any atom is 0.412 e. The average molecular weight is 318 g/mol. The van der Waals surface area contributed by atoms with Gasteiger partial charge in [0.15, 0.2) is 0 Å². The zero-order chi connectivity index (χ0) is 16.5. The fraction of sp³-hybridized carbons (Fsp3) is 0.611. The molecule has 5 heteroatoms. The Morgan fingerprint density at radius 2 is 2.22 bits per heavy atom. The first-order valence-corrected chi connectivity index (χ1v) is 8.34. The van der Waals surface area contributed by atoms with Crippen LogP contribution in [-0.4, -0.2) is 31.5 Å². The van der Waals surface area contributed by atoms with Gasteiger partial charge in [-0.25, -0.2) is 4.79 Å². The molecule has 5 nitrogen and oxygen atoms in total. The molecule has 23 heavy (non-hydrogen) atoms. The van der Waals surface area contributed by atoms with E-state index in [0.717, 1.165) is 44.7 Å². The second kappa shape index (κ2) is 6.13. The molecular formula is C18H26N2O3. The molecule has 0 aromatic heterocycles. The molecule has 1 atom stereocenters. The van der Waals surface area contributed by atoms with Crippen molar-refractivity contribution >= 4 is 11.8 Å². The molecule has 0 saturated carbocycles. The second-order valence-electron chi connectivity index (χ2n) is 7.41. The summed E-state index contributed by atoms with van der Waals surface area (Å²) in [4.78, 5) is 11.9. The van der Waals surface area contributed by atoms with Crippen LogP contribution in [0.5, 0.6) is 0 Å². The number of anilines is 1. The highest BCUT2D eigenvalue weighted by molar-refractivity contribution is 5.85. The minimum atomic E-state index is -0.494. The number of amides is 1. The van der Waals surface area contributed by atoms with Crippen LogP contribution in [0, 0.1) is 0 Å². The number of hydrogen-bond donors (Lipinski definition) is 2. The van der Waals surface area contributed by atoms with Crippen LogP contribution in [0.2, 0.25) is 0 Å². The van der Waals surface area contributed by atoms with Crippen LogP contribution in [0.1, 0.15) is 44.7 Å². The van der Waals surface area contributed by atoms with Gasteiger partial charge in [-0.3, -0.25) is 5.32 Å². The first-order valence-electron chi connectivity index (χ1n) is 8.34. The van der Waals surface area contributed by atoms with Gasteiger partial charge in [0.05, 0.1) is 18.8 Å². The molecule has 2 N–H and O–H groups in total. The number of fused-ring (bicyclic) bond motifs is 2. The number of aryl methyl sites for hydroxylation is 1. The van der Waals surface area contributed by atoms with Crippen LogP contribution >= 0.6 is 0 Å². The van der Waals surface area contributed by atoms with Crippen LogP contribution in [0.3, 0.4) is 0 Å². The standard InChI is InChI=1S/C18H26N2O3/c1-17(2,3)23-16(21)20-14-6-7-15-13(11-14)5-4-8-18(15)12-22-10-9-19-18/h6-7,11,19H,4-5,8-10,12H2,1-3H3,(H,20,21)/t18-/m0/s1. The Labute approximate surface area is 137 Å². The summed E-state index contributed by atoms with van der Waals surface area (Å²) in [5.74, 6) is 0. The maximum atomic E-state index is 11.9. The lowest BCUT2D eigenvalue weighted by Gasteiger charge is -2.42. The molecule has 0 unspecified atom stereocenters. The van der Waals surface area contributed by atoms with Crippen molar-refractivity contribution < 1.29 is 14.3 Å². The summed E-state index contributed by atoms with van der Waals surface area (Å²) in [6, 6.07) is 6.13. The molecule has 3 rings (SSSR count). The molecule has 1 aromatic rings. The Bertz CT molecular complexity index is 586. The van der Waals surface area contributed by atoms with Crippen LogP contribution in [0.15, 0.2) is 18.2 Å². The topological polar surface area (TPSA) is 59.6 Å². The first kappa shape index (κ1) is 16.3. The van der Waals surface area contributed by atoms with Gasteiger partial charge >= 0.3 is 6.09 Å². The molecule has 0 bridgehead atoms. The van der Waals surface area contributed by atoms with Gasteiger partial charge in [0.1, 0.15) is 5.60 Å². The van der Waals surface area contributed by atoms with Crippen molar-refractivity contribution in [2.24, 2.45) is 0 Å². The summed E-state index contributed by atoms with van der Waals surface area (Å²) < 4.78 is 11.0. The lowest BCUT2D eigenvalue weighted by atomic mass is 9.76. The van der Waals surface area contributed by atoms with E-state index in [2.05, 4.69) is 22.8 Å². The van der Waals surface area contributed by atoms with Crippen molar-refractivity contribution in [2.75, 3.05) is 25.1 Å². The SMILES string of the molecule is CC(C)(C)OC(=O)Nc1ccc2c(c1)CCC[C@]21COCCN1. The highest BCUT2D eigenvalue weighted by Gasteiger charge is 2.38. The van der Waals surface area contributed by atoms with Gasteiger partial charge in [-0.2, -0.15) is 0 Å². The summed E-state index contributed by atoms with van der Waals surface area (Å²) in [5, 5.41) is 6.47. The third kappa shape index (κ3) is 3.67. The summed E-state index contributed by atoms with van der Waals surface area (Å²) in [6.07, 6.45) is 2.84. The van der Waals surface area contributed by atoms with Crippen molar-refractivity contribution in [2.45, 2.75) is 51.2 Å². The van der Waals surface area contributed by atoms with Gasteiger partial charge in [0.2, 0.25) is 0 Å². The lowest BCUT2D eigenvalue weighted by molar-refractivity contribution is 0.0169. The zero-order valence-corrected chi connectivity index (χ0v) is 14.2. The quantitative estimate of drug-likeness (QED) is 0.835. The van der Waals surface area contributed by atoms with Gasteiger partial charge in [0, 0.05) is 12.2 Å². The molecule has 126 valence electrons. The Morgan fingerprint density at radius 1 is 1.39 bits per heavy atom.